The smallest absolute Gasteiger partial charge is 0.232 e. The van der Waals surface area contributed by atoms with Crippen molar-refractivity contribution >= 4 is 40.7 Å². The lowest BCUT2D eigenvalue weighted by molar-refractivity contribution is -0.121. The molecule has 0 unspecified atom stereocenters. The summed E-state index contributed by atoms with van der Waals surface area (Å²) in [4.78, 5) is 27.9. The lowest BCUT2D eigenvalue weighted by Crippen LogP contribution is -2.36. The van der Waals surface area contributed by atoms with Crippen molar-refractivity contribution in [2.75, 3.05) is 31.5 Å². The Hall–Kier alpha value is -2.86. The van der Waals surface area contributed by atoms with Gasteiger partial charge in [0.05, 0.1) is 5.92 Å². The van der Waals surface area contributed by atoms with Crippen molar-refractivity contribution in [2.24, 2.45) is 5.92 Å². The third kappa shape index (κ3) is 7.63. The van der Waals surface area contributed by atoms with Crippen LogP contribution < -0.4 is 10.6 Å². The molecule has 3 aromatic carbocycles. The molecule has 0 atom stereocenters. The van der Waals surface area contributed by atoms with E-state index in [1.54, 1.807) is 0 Å². The molecule has 1 aliphatic heterocycles. The van der Waals surface area contributed by atoms with Crippen LogP contribution in [0.1, 0.15) is 60.6 Å². The number of halogens is 2. The lowest BCUT2D eigenvalue weighted by atomic mass is 9.89. The van der Waals surface area contributed by atoms with Gasteiger partial charge in [-0.15, -0.1) is 0 Å². The summed E-state index contributed by atoms with van der Waals surface area (Å²) in [6.45, 7) is 3.65. The fourth-order valence-electron chi connectivity index (χ4n) is 5.37. The molecule has 0 bridgehead atoms. The van der Waals surface area contributed by atoms with Crippen molar-refractivity contribution in [1.82, 2.24) is 10.2 Å². The normalized spacial score (nSPS) is 16.3. The fraction of sp³-hybridized carbons (Fsp3) is 0.375. The van der Waals surface area contributed by atoms with E-state index in [4.69, 9.17) is 23.2 Å². The molecule has 2 amide bonds. The van der Waals surface area contributed by atoms with Gasteiger partial charge in [0.2, 0.25) is 11.8 Å². The van der Waals surface area contributed by atoms with Crippen LogP contribution in [-0.4, -0.2) is 42.9 Å². The lowest BCUT2D eigenvalue weighted by Gasteiger charge is -2.32. The second kappa shape index (κ2) is 13.0. The van der Waals surface area contributed by atoms with Crippen LogP contribution in [-0.2, 0) is 9.59 Å². The van der Waals surface area contributed by atoms with Gasteiger partial charge in [-0.2, -0.15) is 0 Å². The highest BCUT2D eigenvalue weighted by atomic mass is 35.5. The van der Waals surface area contributed by atoms with Crippen LogP contribution >= 0.6 is 23.2 Å². The number of likely N-dealkylation sites (tertiary alicyclic amines) is 1. The molecule has 5 rings (SSSR count). The Morgan fingerprint density at radius 1 is 0.846 bits per heavy atom. The van der Waals surface area contributed by atoms with Crippen molar-refractivity contribution in [3.8, 4) is 0 Å². The van der Waals surface area contributed by atoms with E-state index in [0.717, 1.165) is 68.6 Å². The molecule has 204 valence electrons. The van der Waals surface area contributed by atoms with E-state index < -0.39 is 5.92 Å². The van der Waals surface area contributed by atoms with Crippen molar-refractivity contribution in [3.05, 3.63) is 99.5 Å². The van der Waals surface area contributed by atoms with Gasteiger partial charge >= 0.3 is 0 Å². The maximum atomic E-state index is 13.3. The molecule has 1 heterocycles. The number of rotatable bonds is 10. The zero-order valence-electron chi connectivity index (χ0n) is 22.0. The third-order valence-electron chi connectivity index (χ3n) is 7.78. The van der Waals surface area contributed by atoms with E-state index in [1.165, 1.54) is 5.56 Å². The average Bonchev–Trinajstić information content (AvgIpc) is 3.80. The third-order valence-corrected chi connectivity index (χ3v) is 8.28. The van der Waals surface area contributed by atoms with Gasteiger partial charge in [-0.1, -0.05) is 59.6 Å². The highest BCUT2D eigenvalue weighted by molar-refractivity contribution is 6.30. The minimum Gasteiger partial charge on any atom is -0.355 e. The van der Waals surface area contributed by atoms with Gasteiger partial charge in [-0.3, -0.25) is 9.59 Å². The topological polar surface area (TPSA) is 61.4 Å². The zero-order chi connectivity index (χ0) is 27.2. The van der Waals surface area contributed by atoms with Gasteiger partial charge in [0, 0.05) is 28.2 Å². The predicted molar refractivity (Wildman–Crippen MR) is 159 cm³/mol. The first kappa shape index (κ1) is 27.7. The minimum atomic E-state index is -0.417. The van der Waals surface area contributed by atoms with E-state index in [9.17, 15) is 9.59 Å². The van der Waals surface area contributed by atoms with E-state index in [0.29, 0.717) is 22.5 Å². The van der Waals surface area contributed by atoms with Crippen LogP contribution in [0, 0.1) is 5.92 Å². The average molecular weight is 565 g/mol. The monoisotopic (exact) mass is 563 g/mol. The molecule has 7 heteroatoms. The summed E-state index contributed by atoms with van der Waals surface area (Å²) in [5.74, 6) is 0.439. The summed E-state index contributed by atoms with van der Waals surface area (Å²) < 4.78 is 0. The number of hydrogen-bond donors (Lipinski definition) is 2. The van der Waals surface area contributed by atoms with E-state index >= 15 is 0 Å². The first-order chi connectivity index (χ1) is 19.0. The maximum Gasteiger partial charge on any atom is 0.232 e. The molecule has 1 aliphatic carbocycles. The summed E-state index contributed by atoms with van der Waals surface area (Å²) >= 11 is 12.2. The number of amides is 2. The largest absolute Gasteiger partial charge is 0.355 e. The number of carbonyl (C=O) groups is 2. The molecule has 3 aromatic rings. The maximum absolute atomic E-state index is 13.3. The van der Waals surface area contributed by atoms with E-state index in [2.05, 4.69) is 27.7 Å². The molecule has 1 saturated carbocycles. The number of nitrogens with zero attached hydrogens (tertiary/aromatic N) is 1. The Kier molecular flexibility index (Phi) is 9.23. The van der Waals surface area contributed by atoms with E-state index in [-0.39, 0.29) is 17.7 Å². The molecule has 2 aliphatic rings. The molecule has 39 heavy (non-hydrogen) atoms. The van der Waals surface area contributed by atoms with Gasteiger partial charge in [0.15, 0.2) is 0 Å². The highest BCUT2D eigenvalue weighted by Gasteiger charge is 2.30. The molecular weight excluding hydrogens is 529 g/mol. The van der Waals surface area contributed by atoms with Crippen LogP contribution in [0.3, 0.4) is 0 Å². The van der Waals surface area contributed by atoms with Gasteiger partial charge in [-0.25, -0.2) is 0 Å². The molecule has 2 fully saturated rings. The summed E-state index contributed by atoms with van der Waals surface area (Å²) in [5, 5.41) is 7.51. The highest BCUT2D eigenvalue weighted by Crippen LogP contribution is 2.32. The van der Waals surface area contributed by atoms with Crippen molar-refractivity contribution < 1.29 is 9.59 Å². The van der Waals surface area contributed by atoms with Crippen LogP contribution in [0.15, 0.2) is 72.8 Å². The van der Waals surface area contributed by atoms with E-state index in [1.807, 2.05) is 60.7 Å². The van der Waals surface area contributed by atoms with Gasteiger partial charge < -0.3 is 15.5 Å². The predicted octanol–water partition coefficient (Wildman–Crippen LogP) is 6.86. The van der Waals surface area contributed by atoms with Crippen molar-refractivity contribution in [3.63, 3.8) is 0 Å². The van der Waals surface area contributed by atoms with Crippen LogP contribution in [0.2, 0.25) is 10.0 Å². The minimum absolute atomic E-state index is 0.0213. The Labute approximate surface area is 240 Å². The molecule has 1 saturated heterocycles. The number of nitrogens with one attached hydrogen (secondary N) is 2. The molecule has 0 aromatic heterocycles. The van der Waals surface area contributed by atoms with Crippen molar-refractivity contribution in [1.29, 1.82) is 0 Å². The SMILES string of the molecule is O=C(Nc1cccc(C2CCN(CCCNC(=O)C(c3ccc(Cl)cc3)c3ccc(Cl)cc3)CC2)c1)C1CC1. The molecule has 0 radical (unpaired) electrons. The van der Waals surface area contributed by atoms with Crippen LogP contribution in [0.5, 0.6) is 0 Å². The Morgan fingerprint density at radius 2 is 1.46 bits per heavy atom. The summed E-state index contributed by atoms with van der Waals surface area (Å²) in [6, 6.07) is 23.2. The Balaban J connectivity index is 1.08. The molecule has 0 spiro atoms. The number of piperidine rings is 1. The fourth-order valence-corrected chi connectivity index (χ4v) is 5.62. The molecule has 2 N–H and O–H groups in total. The first-order valence-corrected chi connectivity index (χ1v) is 14.6. The Bertz CT molecular complexity index is 1220. The van der Waals surface area contributed by atoms with Gasteiger partial charge in [-0.05, 0) is 111 Å². The summed E-state index contributed by atoms with van der Waals surface area (Å²) in [5.41, 5.74) is 4.03. The first-order valence-electron chi connectivity index (χ1n) is 13.9. The zero-order valence-corrected chi connectivity index (χ0v) is 23.6. The van der Waals surface area contributed by atoms with Crippen LogP contribution in [0.4, 0.5) is 5.69 Å². The quantitative estimate of drug-likeness (QED) is 0.265. The van der Waals surface area contributed by atoms with Gasteiger partial charge in [0.1, 0.15) is 0 Å². The molecular formula is C32H35Cl2N3O2. The second-order valence-electron chi connectivity index (χ2n) is 10.7. The number of carbonyl (C=O) groups excluding carboxylic acids is 2. The second-order valence-corrected chi connectivity index (χ2v) is 11.6. The number of benzene rings is 3. The number of anilines is 1. The standard InChI is InChI=1S/C32H35Cl2N3O2/c33-27-11-7-23(8-12-27)30(24-9-13-28(34)14-10-24)32(39)35-17-2-18-37-19-15-22(16-20-37)26-3-1-4-29(21-26)36-31(38)25-5-6-25/h1,3-4,7-14,21-22,25,30H,2,5-6,15-20H2,(H,35,39)(H,36,38). The summed E-state index contributed by atoms with van der Waals surface area (Å²) in [7, 11) is 0. The summed E-state index contributed by atoms with van der Waals surface area (Å²) in [6.07, 6.45) is 5.12. The molecule has 5 nitrogen and oxygen atoms in total. The van der Waals surface area contributed by atoms with Gasteiger partial charge in [0.25, 0.3) is 0 Å². The van der Waals surface area contributed by atoms with Crippen molar-refractivity contribution in [2.45, 2.75) is 43.9 Å². The number of hydrogen-bond acceptors (Lipinski definition) is 3. The Morgan fingerprint density at radius 3 is 2.05 bits per heavy atom. The van der Waals surface area contributed by atoms with Crippen LogP contribution in [0.25, 0.3) is 0 Å².